The fraction of sp³-hybridized carbons (Fsp3) is 0.571. The van der Waals surface area contributed by atoms with Gasteiger partial charge in [0.25, 0.3) is 0 Å². The summed E-state index contributed by atoms with van der Waals surface area (Å²) in [4.78, 5) is 50.2. The molecule has 4 unspecified atom stereocenters. The standard InChI is InChI=1S/C24H34FN3O5.C4H4O4/c1-2-12-33-22-5-4-16(25)13-19(22)27-10-8-26(9-11-27)6-3-7-28-23(31)17-14-20(29)21(30)15-18(17)24(28)32;5-3(6)1-2-4(7)8/h4-5,13,17-18,20-21,29-30H,2-3,6-12,14-15H2,1H3;1-2H,(H,5,6)(H,7,8). The molecule has 2 heterocycles. The highest BCUT2D eigenvalue weighted by Gasteiger charge is 2.51. The summed E-state index contributed by atoms with van der Waals surface area (Å²) in [5.74, 6) is -3.53. The Balaban J connectivity index is 0.000000507. The van der Waals surface area contributed by atoms with Crippen LogP contribution in [-0.2, 0) is 19.2 Å². The molecule has 12 nitrogen and oxygen atoms in total. The first kappa shape index (κ1) is 32.0. The fourth-order valence-corrected chi connectivity index (χ4v) is 5.32. The number of carbonyl (C=O) groups is 4. The zero-order chi connectivity index (χ0) is 30.1. The number of aliphatic hydroxyl groups excluding tert-OH is 2. The summed E-state index contributed by atoms with van der Waals surface area (Å²) in [5, 5.41) is 35.4. The third-order valence-corrected chi connectivity index (χ3v) is 7.41. The number of carboxylic acids is 2. The molecule has 1 saturated carbocycles. The molecule has 226 valence electrons. The van der Waals surface area contributed by atoms with E-state index >= 15 is 0 Å². The smallest absolute Gasteiger partial charge is 0.328 e. The van der Waals surface area contributed by atoms with Crippen molar-refractivity contribution in [2.45, 2.75) is 44.8 Å². The van der Waals surface area contributed by atoms with E-state index in [1.165, 1.54) is 17.0 Å². The van der Waals surface area contributed by atoms with E-state index in [-0.39, 0.29) is 30.5 Å². The maximum absolute atomic E-state index is 13.9. The Morgan fingerprint density at radius 1 is 0.951 bits per heavy atom. The van der Waals surface area contributed by atoms with E-state index in [0.29, 0.717) is 37.5 Å². The molecule has 0 bridgehead atoms. The van der Waals surface area contributed by atoms with Crippen molar-refractivity contribution in [3.63, 3.8) is 0 Å². The number of ether oxygens (including phenoxy) is 1. The van der Waals surface area contributed by atoms with Crippen LogP contribution in [0.3, 0.4) is 0 Å². The molecular weight excluding hydrogens is 541 g/mol. The Kier molecular flexibility index (Phi) is 11.6. The van der Waals surface area contributed by atoms with Gasteiger partial charge in [-0.1, -0.05) is 6.92 Å². The maximum Gasteiger partial charge on any atom is 0.328 e. The van der Waals surface area contributed by atoms with E-state index in [1.807, 2.05) is 6.92 Å². The Labute approximate surface area is 237 Å². The molecule has 2 amide bonds. The molecule has 41 heavy (non-hydrogen) atoms. The van der Waals surface area contributed by atoms with Crippen LogP contribution in [0.15, 0.2) is 30.4 Å². The molecule has 2 saturated heterocycles. The lowest BCUT2D eigenvalue weighted by molar-refractivity contribution is -0.140. The molecule has 4 rings (SSSR count). The van der Waals surface area contributed by atoms with Crippen molar-refractivity contribution in [2.24, 2.45) is 11.8 Å². The number of rotatable bonds is 10. The molecule has 0 radical (unpaired) electrons. The number of nitrogens with zero attached hydrogens (tertiary/aromatic N) is 3. The maximum atomic E-state index is 13.9. The van der Waals surface area contributed by atoms with E-state index in [1.54, 1.807) is 6.07 Å². The zero-order valence-corrected chi connectivity index (χ0v) is 23.0. The van der Waals surface area contributed by atoms with Gasteiger partial charge in [-0.3, -0.25) is 19.4 Å². The van der Waals surface area contributed by atoms with Gasteiger partial charge >= 0.3 is 11.9 Å². The van der Waals surface area contributed by atoms with Crippen molar-refractivity contribution in [1.82, 2.24) is 9.80 Å². The zero-order valence-electron chi connectivity index (χ0n) is 23.0. The molecule has 4 atom stereocenters. The Morgan fingerprint density at radius 3 is 2.02 bits per heavy atom. The van der Waals surface area contributed by atoms with Crippen molar-refractivity contribution in [3.8, 4) is 5.75 Å². The predicted molar refractivity (Wildman–Crippen MR) is 145 cm³/mol. The second-order valence-electron chi connectivity index (χ2n) is 10.3. The fourth-order valence-electron chi connectivity index (χ4n) is 5.32. The number of imide groups is 1. The van der Waals surface area contributed by atoms with Gasteiger partial charge < -0.3 is 30.1 Å². The van der Waals surface area contributed by atoms with Gasteiger partial charge in [0.2, 0.25) is 11.8 Å². The van der Waals surface area contributed by atoms with Crippen LogP contribution in [0.5, 0.6) is 5.75 Å². The first-order valence-electron chi connectivity index (χ1n) is 13.8. The van der Waals surface area contributed by atoms with Crippen LogP contribution in [0.4, 0.5) is 10.1 Å². The summed E-state index contributed by atoms with van der Waals surface area (Å²) in [6.45, 7) is 6.83. The highest BCUT2D eigenvalue weighted by atomic mass is 19.1. The van der Waals surface area contributed by atoms with Gasteiger partial charge in [-0.15, -0.1) is 0 Å². The largest absolute Gasteiger partial charge is 0.491 e. The number of likely N-dealkylation sites (tertiary alicyclic amines) is 1. The molecule has 1 aromatic carbocycles. The molecule has 3 aliphatic rings. The lowest BCUT2D eigenvalue weighted by Gasteiger charge is -2.37. The quantitative estimate of drug-likeness (QED) is 0.230. The lowest BCUT2D eigenvalue weighted by atomic mass is 9.78. The summed E-state index contributed by atoms with van der Waals surface area (Å²) in [6, 6.07) is 4.63. The number of hydrogen-bond donors (Lipinski definition) is 4. The second-order valence-corrected chi connectivity index (χ2v) is 10.3. The second kappa shape index (κ2) is 14.9. The SMILES string of the molecule is CCCOc1ccc(F)cc1N1CCN(CCCN2C(=O)C3CC(O)C(O)CC3C2=O)CC1.O=C(O)C=CC(=O)O. The van der Waals surface area contributed by atoms with Crippen LogP contribution in [-0.4, -0.2) is 112 Å². The van der Waals surface area contributed by atoms with Crippen LogP contribution < -0.4 is 9.64 Å². The number of carbonyl (C=O) groups excluding carboxylic acids is 2. The van der Waals surface area contributed by atoms with E-state index < -0.39 is 36.0 Å². The van der Waals surface area contributed by atoms with E-state index in [4.69, 9.17) is 14.9 Å². The molecule has 1 aliphatic carbocycles. The third kappa shape index (κ3) is 8.72. The van der Waals surface area contributed by atoms with Crippen molar-refractivity contribution in [2.75, 3.05) is 50.8 Å². The van der Waals surface area contributed by atoms with Crippen molar-refractivity contribution in [3.05, 3.63) is 36.2 Å². The third-order valence-electron chi connectivity index (χ3n) is 7.41. The van der Waals surface area contributed by atoms with E-state index in [2.05, 4.69) is 9.80 Å². The number of hydrogen-bond acceptors (Lipinski definition) is 9. The van der Waals surface area contributed by atoms with Crippen LogP contribution in [0.25, 0.3) is 0 Å². The summed E-state index contributed by atoms with van der Waals surface area (Å²) in [6.07, 6.45) is 1.10. The number of benzene rings is 1. The highest BCUT2D eigenvalue weighted by molar-refractivity contribution is 6.05. The minimum Gasteiger partial charge on any atom is -0.491 e. The Morgan fingerprint density at radius 2 is 1.51 bits per heavy atom. The normalized spacial score (nSPS) is 24.7. The van der Waals surface area contributed by atoms with Crippen LogP contribution in [0.2, 0.25) is 0 Å². The van der Waals surface area contributed by atoms with Crippen LogP contribution >= 0.6 is 0 Å². The Bertz CT molecular complexity index is 1080. The average Bonchev–Trinajstić information content (AvgIpc) is 3.16. The summed E-state index contributed by atoms with van der Waals surface area (Å²) < 4.78 is 19.6. The number of amides is 2. The first-order valence-corrected chi connectivity index (χ1v) is 13.8. The van der Waals surface area contributed by atoms with Crippen LogP contribution in [0, 0.1) is 17.7 Å². The average molecular weight is 580 g/mol. The van der Waals surface area contributed by atoms with Crippen LogP contribution in [0.1, 0.15) is 32.6 Å². The minimum atomic E-state index is -1.26. The molecule has 0 aromatic heterocycles. The minimum absolute atomic E-state index is 0.152. The predicted octanol–water partition coefficient (Wildman–Crippen LogP) is 0.955. The van der Waals surface area contributed by atoms with Gasteiger partial charge in [-0.25, -0.2) is 14.0 Å². The molecule has 0 spiro atoms. The number of carboxylic acid groups (broad SMARTS) is 2. The summed E-state index contributed by atoms with van der Waals surface area (Å²) >= 11 is 0. The molecule has 3 fully saturated rings. The topological polar surface area (TPSA) is 168 Å². The lowest BCUT2D eigenvalue weighted by Crippen LogP contribution is -2.47. The molecule has 2 aliphatic heterocycles. The van der Waals surface area contributed by atoms with Gasteiger partial charge in [-0.2, -0.15) is 0 Å². The monoisotopic (exact) mass is 579 g/mol. The number of fused-ring (bicyclic) bond motifs is 1. The summed E-state index contributed by atoms with van der Waals surface area (Å²) in [7, 11) is 0. The number of aliphatic hydroxyl groups is 2. The van der Waals surface area contributed by atoms with Crippen molar-refractivity contribution in [1.29, 1.82) is 0 Å². The molecule has 13 heteroatoms. The molecule has 4 N–H and O–H groups in total. The van der Waals surface area contributed by atoms with Gasteiger partial charge in [0.1, 0.15) is 11.6 Å². The molecular formula is C28H38FN3O9. The number of aliphatic carboxylic acids is 2. The van der Waals surface area contributed by atoms with Crippen molar-refractivity contribution < 1.29 is 48.7 Å². The number of anilines is 1. The van der Waals surface area contributed by atoms with Gasteiger partial charge in [0.05, 0.1) is 36.3 Å². The number of piperazine rings is 1. The highest BCUT2D eigenvalue weighted by Crippen LogP contribution is 2.38. The van der Waals surface area contributed by atoms with E-state index in [9.17, 15) is 33.8 Å². The van der Waals surface area contributed by atoms with Gasteiger partial charge in [0.15, 0.2) is 0 Å². The van der Waals surface area contributed by atoms with Crippen molar-refractivity contribution >= 4 is 29.4 Å². The Hall–Kier alpha value is -3.55. The molecule has 1 aromatic rings. The first-order chi connectivity index (χ1) is 19.5. The van der Waals surface area contributed by atoms with Gasteiger partial charge in [0, 0.05) is 50.9 Å². The van der Waals surface area contributed by atoms with Gasteiger partial charge in [-0.05, 0) is 44.4 Å². The number of halogens is 1. The van der Waals surface area contributed by atoms with E-state index in [0.717, 1.165) is 44.8 Å². The summed E-state index contributed by atoms with van der Waals surface area (Å²) in [5.41, 5.74) is 0.781.